The lowest BCUT2D eigenvalue weighted by molar-refractivity contribution is -0.141. The lowest BCUT2D eigenvalue weighted by Crippen LogP contribution is -2.40. The summed E-state index contributed by atoms with van der Waals surface area (Å²) >= 11 is 0. The average Bonchev–Trinajstić information content (AvgIpc) is 3.03. The van der Waals surface area contributed by atoms with Crippen LogP contribution >= 0.6 is 0 Å². The number of carboxylic acid groups (broad SMARTS) is 1. The Balaban J connectivity index is 2.43. The molecule has 2 rings (SSSR count). The van der Waals surface area contributed by atoms with Crippen LogP contribution in [0.1, 0.15) is 23.2 Å². The zero-order valence-electron chi connectivity index (χ0n) is 12.8. The molecule has 0 bridgehead atoms. The number of sulfonamides is 1. The molecule has 126 valence electrons. The fraction of sp³-hybridized carbons (Fsp3) is 0.429. The normalized spacial score (nSPS) is 18.0. The minimum absolute atomic E-state index is 0.104. The summed E-state index contributed by atoms with van der Waals surface area (Å²) in [6.07, 6.45) is 0.986. The van der Waals surface area contributed by atoms with Gasteiger partial charge in [-0.25, -0.2) is 17.9 Å². The van der Waals surface area contributed by atoms with E-state index in [4.69, 9.17) is 9.84 Å². The maximum absolute atomic E-state index is 12.5. The molecule has 8 nitrogen and oxygen atoms in total. The zero-order chi connectivity index (χ0) is 17.2. The SMILES string of the molecule is CNS(=O)(=O)c1cc(C(=O)N2CCC[C@H]2C(=O)O)ccc1OC. The smallest absolute Gasteiger partial charge is 0.326 e. The van der Waals surface area contributed by atoms with E-state index in [2.05, 4.69) is 4.72 Å². The molecular formula is C14H18N2O6S. The number of hydrogen-bond donors (Lipinski definition) is 2. The predicted molar refractivity (Wildman–Crippen MR) is 80.9 cm³/mol. The van der Waals surface area contributed by atoms with Gasteiger partial charge < -0.3 is 14.7 Å². The van der Waals surface area contributed by atoms with Gasteiger partial charge in [0.1, 0.15) is 16.7 Å². The molecule has 1 aliphatic rings. The molecule has 1 aromatic rings. The largest absolute Gasteiger partial charge is 0.495 e. The van der Waals surface area contributed by atoms with Crippen molar-refractivity contribution in [3.05, 3.63) is 23.8 Å². The van der Waals surface area contributed by atoms with Gasteiger partial charge >= 0.3 is 5.97 Å². The van der Waals surface area contributed by atoms with Crippen LogP contribution in [0.5, 0.6) is 5.75 Å². The number of aliphatic carboxylic acids is 1. The van der Waals surface area contributed by atoms with Crippen molar-refractivity contribution in [1.29, 1.82) is 0 Å². The maximum atomic E-state index is 12.5. The molecule has 0 radical (unpaired) electrons. The van der Waals surface area contributed by atoms with Crippen molar-refractivity contribution in [1.82, 2.24) is 9.62 Å². The van der Waals surface area contributed by atoms with E-state index in [9.17, 15) is 18.0 Å². The van der Waals surface area contributed by atoms with Crippen LogP contribution in [-0.2, 0) is 14.8 Å². The van der Waals surface area contributed by atoms with Gasteiger partial charge in [0.05, 0.1) is 7.11 Å². The third-order valence-corrected chi connectivity index (χ3v) is 5.20. The number of carbonyl (C=O) groups is 2. The van der Waals surface area contributed by atoms with Gasteiger partial charge in [-0.1, -0.05) is 0 Å². The average molecular weight is 342 g/mol. The first-order valence-electron chi connectivity index (χ1n) is 6.97. The van der Waals surface area contributed by atoms with Gasteiger partial charge in [-0.2, -0.15) is 0 Å². The minimum atomic E-state index is -3.81. The Hall–Kier alpha value is -2.13. The summed E-state index contributed by atoms with van der Waals surface area (Å²) in [4.78, 5) is 24.8. The Morgan fingerprint density at radius 1 is 1.39 bits per heavy atom. The number of nitrogens with one attached hydrogen (secondary N) is 1. The van der Waals surface area contributed by atoms with Crippen molar-refractivity contribution < 1.29 is 27.9 Å². The van der Waals surface area contributed by atoms with E-state index >= 15 is 0 Å². The number of rotatable bonds is 5. The van der Waals surface area contributed by atoms with E-state index in [1.54, 1.807) is 0 Å². The van der Waals surface area contributed by atoms with Crippen LogP contribution in [0.4, 0.5) is 0 Å². The third kappa shape index (κ3) is 3.30. The molecule has 1 heterocycles. The molecule has 9 heteroatoms. The first-order valence-corrected chi connectivity index (χ1v) is 8.45. The van der Waals surface area contributed by atoms with Gasteiger partial charge in [-0.3, -0.25) is 4.79 Å². The van der Waals surface area contributed by atoms with Crippen LogP contribution in [0.15, 0.2) is 23.1 Å². The number of nitrogens with zero attached hydrogens (tertiary/aromatic N) is 1. The Morgan fingerprint density at radius 2 is 2.09 bits per heavy atom. The van der Waals surface area contributed by atoms with E-state index in [1.165, 1.54) is 37.3 Å². The van der Waals surface area contributed by atoms with Crippen LogP contribution < -0.4 is 9.46 Å². The van der Waals surface area contributed by atoms with Crippen LogP contribution in [0, 0.1) is 0 Å². The van der Waals surface area contributed by atoms with Gasteiger partial charge in [0.2, 0.25) is 10.0 Å². The van der Waals surface area contributed by atoms with Gasteiger partial charge in [-0.15, -0.1) is 0 Å². The number of hydrogen-bond acceptors (Lipinski definition) is 5. The highest BCUT2D eigenvalue weighted by Gasteiger charge is 2.35. The van der Waals surface area contributed by atoms with Crippen LogP contribution in [0.2, 0.25) is 0 Å². The first-order chi connectivity index (χ1) is 10.8. The Bertz CT molecular complexity index is 731. The zero-order valence-corrected chi connectivity index (χ0v) is 13.6. The molecule has 0 aromatic heterocycles. The topological polar surface area (TPSA) is 113 Å². The highest BCUT2D eigenvalue weighted by atomic mass is 32.2. The highest BCUT2D eigenvalue weighted by molar-refractivity contribution is 7.89. The van der Waals surface area contributed by atoms with Gasteiger partial charge in [-0.05, 0) is 38.1 Å². The monoisotopic (exact) mass is 342 g/mol. The lowest BCUT2D eigenvalue weighted by Gasteiger charge is -2.22. The molecule has 1 amide bonds. The fourth-order valence-corrected chi connectivity index (χ4v) is 3.48. The van der Waals surface area contributed by atoms with Crippen molar-refractivity contribution in [3.63, 3.8) is 0 Å². The Labute approximate surface area is 134 Å². The predicted octanol–water partition coefficient (Wildman–Crippen LogP) is 0.293. The van der Waals surface area contributed by atoms with Gasteiger partial charge in [0, 0.05) is 12.1 Å². The summed E-state index contributed by atoms with van der Waals surface area (Å²) in [5.74, 6) is -1.47. The number of benzene rings is 1. The molecule has 1 aliphatic heterocycles. The van der Waals surface area contributed by atoms with E-state index in [1.807, 2.05) is 0 Å². The Morgan fingerprint density at radius 3 is 2.65 bits per heavy atom. The fourth-order valence-electron chi connectivity index (χ4n) is 2.56. The molecule has 0 spiro atoms. The van der Waals surface area contributed by atoms with E-state index in [0.29, 0.717) is 19.4 Å². The second-order valence-electron chi connectivity index (χ2n) is 5.07. The summed E-state index contributed by atoms with van der Waals surface area (Å²) < 4.78 is 31.3. The van der Waals surface area contributed by atoms with Crippen molar-refractivity contribution in [3.8, 4) is 5.75 Å². The highest BCUT2D eigenvalue weighted by Crippen LogP contribution is 2.27. The van der Waals surface area contributed by atoms with Crippen LogP contribution in [0.3, 0.4) is 0 Å². The van der Waals surface area contributed by atoms with Crippen molar-refractivity contribution in [2.45, 2.75) is 23.8 Å². The maximum Gasteiger partial charge on any atom is 0.326 e. The summed E-state index contributed by atoms with van der Waals surface area (Å²) in [5.41, 5.74) is 0.104. The summed E-state index contributed by atoms with van der Waals surface area (Å²) in [7, 11) is -1.23. The number of carbonyl (C=O) groups excluding carboxylic acids is 1. The molecule has 1 fully saturated rings. The number of amides is 1. The lowest BCUT2D eigenvalue weighted by atomic mass is 10.1. The summed E-state index contributed by atoms with van der Waals surface area (Å²) in [6.45, 7) is 0.329. The van der Waals surface area contributed by atoms with E-state index < -0.39 is 27.9 Å². The summed E-state index contributed by atoms with van der Waals surface area (Å²) in [5, 5.41) is 9.16. The van der Waals surface area contributed by atoms with E-state index in [0.717, 1.165) is 0 Å². The van der Waals surface area contributed by atoms with E-state index in [-0.39, 0.29) is 16.2 Å². The summed E-state index contributed by atoms with van der Waals surface area (Å²) in [6, 6.07) is 3.12. The molecular weight excluding hydrogens is 324 g/mol. The third-order valence-electron chi connectivity index (χ3n) is 3.77. The van der Waals surface area contributed by atoms with Crippen molar-refractivity contribution in [2.75, 3.05) is 20.7 Å². The Kier molecular flexibility index (Phi) is 4.90. The molecule has 23 heavy (non-hydrogen) atoms. The van der Waals surface area contributed by atoms with Crippen LogP contribution in [0.25, 0.3) is 0 Å². The van der Waals surface area contributed by atoms with Gasteiger partial charge in [0.25, 0.3) is 5.91 Å². The standard InChI is InChI=1S/C14H18N2O6S/c1-15-23(20,21)12-8-9(5-6-11(12)22-2)13(17)16-7-3-4-10(16)14(18)19/h5-6,8,10,15H,3-4,7H2,1-2H3,(H,18,19)/t10-/m0/s1. The second kappa shape index (κ2) is 6.55. The molecule has 0 saturated carbocycles. The minimum Gasteiger partial charge on any atom is -0.495 e. The first kappa shape index (κ1) is 17.2. The van der Waals surface area contributed by atoms with Crippen LogP contribution in [-0.4, -0.2) is 57.0 Å². The molecule has 1 atom stereocenters. The molecule has 2 N–H and O–H groups in total. The number of ether oxygens (including phenoxy) is 1. The van der Waals surface area contributed by atoms with Crippen molar-refractivity contribution >= 4 is 21.9 Å². The molecule has 1 saturated heterocycles. The second-order valence-corrected chi connectivity index (χ2v) is 6.92. The molecule has 0 unspecified atom stereocenters. The number of likely N-dealkylation sites (tertiary alicyclic amines) is 1. The molecule has 1 aromatic carbocycles. The number of carboxylic acids is 1. The van der Waals surface area contributed by atoms with Crippen molar-refractivity contribution in [2.24, 2.45) is 0 Å². The van der Waals surface area contributed by atoms with Gasteiger partial charge in [0.15, 0.2) is 0 Å². The number of methoxy groups -OCH3 is 1. The molecule has 0 aliphatic carbocycles. The quantitative estimate of drug-likeness (QED) is 0.795.